The van der Waals surface area contributed by atoms with Crippen molar-refractivity contribution in [3.63, 3.8) is 0 Å². The molecule has 2 aliphatic rings. The van der Waals surface area contributed by atoms with Crippen molar-refractivity contribution in [2.45, 2.75) is 12.3 Å². The van der Waals surface area contributed by atoms with Crippen LogP contribution in [0, 0.1) is 0 Å². The molecule has 0 radical (unpaired) electrons. The van der Waals surface area contributed by atoms with Crippen molar-refractivity contribution in [1.82, 2.24) is 0 Å². The number of carbonyl (C=O) groups is 2. The van der Waals surface area contributed by atoms with Crippen LogP contribution in [0.25, 0.3) is 6.08 Å². The number of ketones is 1. The molecule has 0 aromatic heterocycles. The van der Waals surface area contributed by atoms with Crippen LogP contribution in [0.4, 0.5) is 0 Å². The van der Waals surface area contributed by atoms with Crippen LogP contribution in [0.15, 0.2) is 60.4 Å². The number of methoxy groups -OCH3 is 2. The predicted octanol–water partition coefficient (Wildman–Crippen LogP) is 4.47. The average Bonchev–Trinajstić information content (AvgIpc) is 3.13. The largest absolute Gasteiger partial charge is 0.504 e. The Morgan fingerprint density at radius 2 is 1.76 bits per heavy atom. The maximum absolute atomic E-state index is 13.1. The van der Waals surface area contributed by atoms with E-state index in [9.17, 15) is 14.7 Å². The molecule has 5 rings (SSSR count). The molecule has 7 nitrogen and oxygen atoms in total. The van der Waals surface area contributed by atoms with Crippen molar-refractivity contribution in [3.05, 3.63) is 82.6 Å². The van der Waals surface area contributed by atoms with E-state index in [2.05, 4.69) is 0 Å². The van der Waals surface area contributed by atoms with Crippen LogP contribution in [0.2, 0.25) is 0 Å². The predicted molar refractivity (Wildman–Crippen MR) is 119 cm³/mol. The molecular weight excluding hydrogens is 424 g/mol. The van der Waals surface area contributed by atoms with E-state index >= 15 is 0 Å². The number of hydrogen-bond acceptors (Lipinski definition) is 7. The minimum Gasteiger partial charge on any atom is -0.504 e. The van der Waals surface area contributed by atoms with Gasteiger partial charge in [0.2, 0.25) is 5.78 Å². The zero-order chi connectivity index (χ0) is 23.1. The van der Waals surface area contributed by atoms with Gasteiger partial charge in [-0.2, -0.15) is 0 Å². The summed E-state index contributed by atoms with van der Waals surface area (Å²) in [6, 6.07) is 15.5. The van der Waals surface area contributed by atoms with E-state index in [-0.39, 0.29) is 35.6 Å². The zero-order valence-electron chi connectivity index (χ0n) is 18.0. The molecule has 1 atom stereocenters. The highest BCUT2D eigenvalue weighted by atomic mass is 16.5. The summed E-state index contributed by atoms with van der Waals surface area (Å²) in [5.74, 6) is 0.904. The fraction of sp³-hybridized carbons (Fsp3) is 0.154. The van der Waals surface area contributed by atoms with Gasteiger partial charge in [0.15, 0.2) is 17.3 Å². The summed E-state index contributed by atoms with van der Waals surface area (Å²) in [6.07, 6.45) is 1.68. The molecule has 3 aromatic carbocycles. The quantitative estimate of drug-likeness (QED) is 0.361. The standard InChI is InChI=1S/C26H20O7/c1-30-16-6-4-15(5-7-16)18-13-23(28)32-21-10-8-17-25(29)22(33-26(17)24(18)21)12-14-3-9-20(31-2)19(27)11-14/h3-12,18,27H,13H2,1-2H3/b22-12-. The topological polar surface area (TPSA) is 91.3 Å². The lowest BCUT2D eigenvalue weighted by molar-refractivity contribution is -0.135. The second-order valence-electron chi connectivity index (χ2n) is 7.73. The number of phenolic OH excluding ortho intramolecular Hbond substituents is 1. The number of fused-ring (bicyclic) bond motifs is 3. The fourth-order valence-electron chi connectivity index (χ4n) is 4.18. The molecule has 0 amide bonds. The second-order valence-corrected chi connectivity index (χ2v) is 7.73. The third-order valence-electron chi connectivity index (χ3n) is 5.80. The van der Waals surface area contributed by atoms with Crippen molar-refractivity contribution in [2.24, 2.45) is 0 Å². The van der Waals surface area contributed by atoms with Gasteiger partial charge in [-0.25, -0.2) is 0 Å². The van der Waals surface area contributed by atoms with Gasteiger partial charge in [-0.15, -0.1) is 0 Å². The molecule has 0 fully saturated rings. The first kappa shape index (κ1) is 20.6. The van der Waals surface area contributed by atoms with Crippen LogP contribution in [0.5, 0.6) is 28.7 Å². The zero-order valence-corrected chi connectivity index (χ0v) is 18.0. The Balaban J connectivity index is 1.56. The summed E-state index contributed by atoms with van der Waals surface area (Å²) in [7, 11) is 3.05. The van der Waals surface area contributed by atoms with Crippen molar-refractivity contribution < 1.29 is 33.6 Å². The Bertz CT molecular complexity index is 1300. The van der Waals surface area contributed by atoms with Gasteiger partial charge in [0.05, 0.1) is 26.2 Å². The monoisotopic (exact) mass is 444 g/mol. The maximum Gasteiger partial charge on any atom is 0.312 e. The summed E-state index contributed by atoms with van der Waals surface area (Å²) in [5.41, 5.74) is 2.52. The van der Waals surface area contributed by atoms with Gasteiger partial charge in [-0.1, -0.05) is 18.2 Å². The normalized spacial score (nSPS) is 17.8. The molecule has 7 heteroatoms. The molecule has 3 aromatic rings. The van der Waals surface area contributed by atoms with E-state index < -0.39 is 0 Å². The number of esters is 1. The van der Waals surface area contributed by atoms with E-state index in [4.69, 9.17) is 18.9 Å². The molecule has 166 valence electrons. The van der Waals surface area contributed by atoms with Gasteiger partial charge >= 0.3 is 5.97 Å². The lowest BCUT2D eigenvalue weighted by Gasteiger charge is -2.26. The minimum absolute atomic E-state index is 0.0429. The van der Waals surface area contributed by atoms with Gasteiger partial charge in [0.25, 0.3) is 0 Å². The van der Waals surface area contributed by atoms with Crippen LogP contribution < -0.4 is 18.9 Å². The van der Waals surface area contributed by atoms with Crippen LogP contribution in [-0.4, -0.2) is 31.1 Å². The first-order chi connectivity index (χ1) is 16.0. The summed E-state index contributed by atoms with van der Waals surface area (Å²) in [6.45, 7) is 0. The van der Waals surface area contributed by atoms with E-state index in [0.29, 0.717) is 39.7 Å². The van der Waals surface area contributed by atoms with Crippen molar-refractivity contribution in [1.29, 1.82) is 0 Å². The lowest BCUT2D eigenvalue weighted by atomic mass is 9.84. The number of carbonyl (C=O) groups excluding carboxylic acids is 2. The highest BCUT2D eigenvalue weighted by Gasteiger charge is 2.38. The molecular formula is C26H20O7. The average molecular weight is 444 g/mol. The molecule has 0 saturated heterocycles. The molecule has 2 heterocycles. The van der Waals surface area contributed by atoms with Gasteiger partial charge in [0.1, 0.15) is 17.2 Å². The molecule has 2 aliphatic heterocycles. The van der Waals surface area contributed by atoms with Crippen LogP contribution in [0.3, 0.4) is 0 Å². The number of benzene rings is 3. The summed E-state index contributed by atoms with van der Waals surface area (Å²) in [5, 5.41) is 10.0. The Kier molecular flexibility index (Phi) is 5.01. The SMILES string of the molecule is COc1ccc(C2CC(=O)Oc3ccc4c(c32)O/C(=C\c2ccc(OC)c(O)c2)C4=O)cc1. The second kappa shape index (κ2) is 8.02. The maximum atomic E-state index is 13.1. The molecule has 0 aliphatic carbocycles. The lowest BCUT2D eigenvalue weighted by Crippen LogP contribution is -2.21. The van der Waals surface area contributed by atoms with Gasteiger partial charge in [0, 0.05) is 11.5 Å². The Morgan fingerprint density at radius 1 is 0.970 bits per heavy atom. The molecule has 0 bridgehead atoms. The number of rotatable bonds is 4. The van der Waals surface area contributed by atoms with Crippen molar-refractivity contribution in [2.75, 3.05) is 14.2 Å². The van der Waals surface area contributed by atoms with Crippen LogP contribution in [-0.2, 0) is 4.79 Å². The van der Waals surface area contributed by atoms with Crippen LogP contribution >= 0.6 is 0 Å². The first-order valence-electron chi connectivity index (χ1n) is 10.3. The highest BCUT2D eigenvalue weighted by molar-refractivity contribution is 6.15. The summed E-state index contributed by atoms with van der Waals surface area (Å²) >= 11 is 0. The van der Waals surface area contributed by atoms with Gasteiger partial charge in [-0.3, -0.25) is 9.59 Å². The van der Waals surface area contributed by atoms with Gasteiger partial charge in [-0.05, 0) is 53.6 Å². The van der Waals surface area contributed by atoms with Gasteiger partial charge < -0.3 is 24.1 Å². The molecule has 1 unspecified atom stereocenters. The Labute approximate surface area is 189 Å². The fourth-order valence-corrected chi connectivity index (χ4v) is 4.18. The number of hydrogen-bond donors (Lipinski definition) is 1. The third kappa shape index (κ3) is 3.57. The number of Topliss-reactive ketones (excluding diaryl/α,β-unsaturated/α-hetero) is 1. The smallest absolute Gasteiger partial charge is 0.312 e. The molecule has 33 heavy (non-hydrogen) atoms. The van der Waals surface area contributed by atoms with Crippen molar-refractivity contribution in [3.8, 4) is 28.7 Å². The summed E-state index contributed by atoms with van der Waals surface area (Å²) in [4.78, 5) is 25.4. The number of phenols is 1. The molecule has 1 N–H and O–H groups in total. The number of allylic oxidation sites excluding steroid dienone is 1. The third-order valence-corrected chi connectivity index (χ3v) is 5.80. The van der Waals surface area contributed by atoms with E-state index in [1.54, 1.807) is 37.5 Å². The molecule has 0 saturated carbocycles. The highest BCUT2D eigenvalue weighted by Crippen LogP contribution is 2.49. The first-order valence-corrected chi connectivity index (χ1v) is 10.3. The van der Waals surface area contributed by atoms with Crippen LogP contribution in [0.1, 0.15) is 39.4 Å². The Morgan fingerprint density at radius 3 is 2.45 bits per heavy atom. The van der Waals surface area contributed by atoms with Crippen molar-refractivity contribution >= 4 is 17.8 Å². The van der Waals surface area contributed by atoms with E-state index in [1.165, 1.54) is 13.2 Å². The Hall–Kier alpha value is -4.26. The number of ether oxygens (including phenoxy) is 4. The summed E-state index contributed by atoms with van der Waals surface area (Å²) < 4.78 is 21.8. The minimum atomic E-state index is -0.350. The molecule has 0 spiro atoms. The van der Waals surface area contributed by atoms with E-state index in [1.807, 2.05) is 24.3 Å². The number of aromatic hydroxyl groups is 1. The van der Waals surface area contributed by atoms with E-state index in [0.717, 1.165) is 5.56 Å².